The number of nitrogens with two attached hydrogens (primary N) is 1. The zero-order chi connectivity index (χ0) is 11.4. The first-order valence-corrected chi connectivity index (χ1v) is 4.79. The van der Waals surface area contributed by atoms with Crippen LogP contribution in [0.25, 0.3) is 0 Å². The van der Waals surface area contributed by atoms with Gasteiger partial charge in [-0.15, -0.1) is 0 Å². The second-order valence-corrected chi connectivity index (χ2v) is 3.50. The summed E-state index contributed by atoms with van der Waals surface area (Å²) in [5, 5.41) is 9.87. The maximum absolute atomic E-state index is 9.87. The molecule has 0 aromatic rings. The average molecular weight is 221 g/mol. The summed E-state index contributed by atoms with van der Waals surface area (Å²) in [6.45, 7) is 0.322. The summed E-state index contributed by atoms with van der Waals surface area (Å²) in [5.74, 6) is 0. The lowest BCUT2D eigenvalue weighted by Crippen LogP contribution is -2.62. The Morgan fingerprint density at radius 3 is 2.40 bits per heavy atom. The van der Waals surface area contributed by atoms with E-state index >= 15 is 0 Å². The molecule has 3 N–H and O–H groups in total. The van der Waals surface area contributed by atoms with Crippen molar-refractivity contribution < 1.29 is 24.1 Å². The minimum Gasteiger partial charge on any atom is -0.388 e. The molecule has 15 heavy (non-hydrogen) atoms. The van der Waals surface area contributed by atoms with E-state index in [2.05, 4.69) is 0 Å². The topological polar surface area (TPSA) is 83.2 Å². The van der Waals surface area contributed by atoms with Crippen LogP contribution < -0.4 is 5.73 Å². The van der Waals surface area contributed by atoms with E-state index in [1.165, 1.54) is 14.2 Å². The van der Waals surface area contributed by atoms with Crippen molar-refractivity contribution in [3.05, 3.63) is 0 Å². The molecule has 6 heteroatoms. The lowest BCUT2D eigenvalue weighted by atomic mass is 9.97. The molecule has 1 rings (SSSR count). The van der Waals surface area contributed by atoms with Crippen LogP contribution in [-0.2, 0) is 18.9 Å². The van der Waals surface area contributed by atoms with E-state index in [1.54, 1.807) is 7.11 Å². The maximum Gasteiger partial charge on any atom is 0.175 e. The fourth-order valence-electron chi connectivity index (χ4n) is 1.74. The molecule has 1 aliphatic heterocycles. The van der Waals surface area contributed by atoms with Gasteiger partial charge in [-0.1, -0.05) is 0 Å². The van der Waals surface area contributed by atoms with Crippen molar-refractivity contribution in [3.8, 4) is 0 Å². The number of hydrogen-bond donors (Lipinski definition) is 2. The van der Waals surface area contributed by atoms with E-state index in [-0.39, 0.29) is 6.10 Å². The highest BCUT2D eigenvalue weighted by Gasteiger charge is 2.43. The van der Waals surface area contributed by atoms with Gasteiger partial charge in [0.1, 0.15) is 18.3 Å². The van der Waals surface area contributed by atoms with Crippen molar-refractivity contribution in [2.45, 2.75) is 30.6 Å². The van der Waals surface area contributed by atoms with Crippen LogP contribution in [0.5, 0.6) is 0 Å². The molecular formula is C9H19NO5. The number of ether oxygens (including phenoxy) is 4. The second-order valence-electron chi connectivity index (χ2n) is 3.50. The molecule has 1 fully saturated rings. The Hall–Kier alpha value is -0.240. The molecule has 0 bridgehead atoms. The van der Waals surface area contributed by atoms with Gasteiger partial charge in [0.15, 0.2) is 6.29 Å². The monoisotopic (exact) mass is 221 g/mol. The quantitative estimate of drug-likeness (QED) is 0.614. The van der Waals surface area contributed by atoms with Gasteiger partial charge in [-0.2, -0.15) is 0 Å². The average Bonchev–Trinajstić information content (AvgIpc) is 2.24. The van der Waals surface area contributed by atoms with E-state index in [0.29, 0.717) is 6.61 Å². The Kier molecular flexibility index (Phi) is 4.91. The van der Waals surface area contributed by atoms with Crippen LogP contribution in [0.1, 0.15) is 0 Å². The van der Waals surface area contributed by atoms with Crippen LogP contribution in [0.4, 0.5) is 0 Å². The summed E-state index contributed by atoms with van der Waals surface area (Å²) in [7, 11) is 4.53. The van der Waals surface area contributed by atoms with Crippen LogP contribution in [0.15, 0.2) is 0 Å². The Morgan fingerprint density at radius 2 is 1.93 bits per heavy atom. The van der Waals surface area contributed by atoms with Crippen molar-refractivity contribution in [2.24, 2.45) is 5.73 Å². The fraction of sp³-hybridized carbons (Fsp3) is 1.00. The van der Waals surface area contributed by atoms with Gasteiger partial charge < -0.3 is 29.8 Å². The molecule has 0 aromatic carbocycles. The lowest BCUT2D eigenvalue weighted by Gasteiger charge is -2.41. The summed E-state index contributed by atoms with van der Waals surface area (Å²) in [6, 6.07) is -0.618. The third-order valence-electron chi connectivity index (χ3n) is 2.56. The van der Waals surface area contributed by atoms with Crippen molar-refractivity contribution in [2.75, 3.05) is 27.9 Å². The summed E-state index contributed by atoms with van der Waals surface area (Å²) in [6.07, 6.45) is -2.33. The lowest BCUT2D eigenvalue weighted by molar-refractivity contribution is -0.264. The normalized spacial score (nSPS) is 41.8. The van der Waals surface area contributed by atoms with Gasteiger partial charge in [0.05, 0.1) is 12.6 Å². The Labute approximate surface area is 89.2 Å². The fourth-order valence-corrected chi connectivity index (χ4v) is 1.74. The molecule has 0 spiro atoms. The second kappa shape index (κ2) is 5.74. The van der Waals surface area contributed by atoms with Crippen molar-refractivity contribution in [1.29, 1.82) is 0 Å². The van der Waals surface area contributed by atoms with Gasteiger partial charge in [0, 0.05) is 21.3 Å². The summed E-state index contributed by atoms with van der Waals surface area (Å²) in [5.41, 5.74) is 5.74. The summed E-state index contributed by atoms with van der Waals surface area (Å²) in [4.78, 5) is 0. The van der Waals surface area contributed by atoms with Crippen molar-refractivity contribution in [1.82, 2.24) is 0 Å². The van der Waals surface area contributed by atoms with E-state index in [4.69, 9.17) is 24.7 Å². The zero-order valence-electron chi connectivity index (χ0n) is 9.25. The number of rotatable bonds is 4. The molecule has 0 radical (unpaired) electrons. The number of hydrogen-bond acceptors (Lipinski definition) is 6. The molecule has 1 heterocycles. The molecule has 1 saturated heterocycles. The highest BCUT2D eigenvalue weighted by Crippen LogP contribution is 2.22. The first-order chi connectivity index (χ1) is 7.15. The van der Waals surface area contributed by atoms with Crippen LogP contribution in [0.3, 0.4) is 0 Å². The number of aliphatic hydroxyl groups excluding tert-OH is 1. The molecule has 0 saturated carbocycles. The van der Waals surface area contributed by atoms with Gasteiger partial charge in [-0.25, -0.2) is 0 Å². The van der Waals surface area contributed by atoms with E-state index in [9.17, 15) is 5.11 Å². The highest BCUT2D eigenvalue weighted by molar-refractivity contribution is 4.92. The molecule has 90 valence electrons. The molecule has 0 amide bonds. The molecule has 1 aliphatic rings. The minimum absolute atomic E-state index is 0.322. The largest absolute Gasteiger partial charge is 0.388 e. The smallest absolute Gasteiger partial charge is 0.175 e. The number of aliphatic hydroxyl groups is 1. The standard InChI is InChI=1S/C9H19NO5/c1-12-4-5-8(13-2)7(11)6(10)9(14-3)15-5/h5-9,11H,4,10H2,1-3H3. The van der Waals surface area contributed by atoms with E-state index in [0.717, 1.165) is 0 Å². The van der Waals surface area contributed by atoms with Gasteiger partial charge in [0.25, 0.3) is 0 Å². The van der Waals surface area contributed by atoms with E-state index in [1.807, 2.05) is 0 Å². The summed E-state index contributed by atoms with van der Waals surface area (Å²) >= 11 is 0. The Balaban J connectivity index is 2.70. The SMILES string of the molecule is COCC1OC(OC)C(N)C(O)C1OC. The van der Waals surface area contributed by atoms with Crippen LogP contribution >= 0.6 is 0 Å². The van der Waals surface area contributed by atoms with E-state index < -0.39 is 24.5 Å². The first-order valence-electron chi connectivity index (χ1n) is 4.79. The van der Waals surface area contributed by atoms with Crippen LogP contribution in [-0.4, -0.2) is 63.7 Å². The van der Waals surface area contributed by atoms with Crippen molar-refractivity contribution in [3.63, 3.8) is 0 Å². The van der Waals surface area contributed by atoms with Gasteiger partial charge in [0.2, 0.25) is 0 Å². The predicted molar refractivity (Wildman–Crippen MR) is 52.3 cm³/mol. The third-order valence-corrected chi connectivity index (χ3v) is 2.56. The summed E-state index contributed by atoms with van der Waals surface area (Å²) < 4.78 is 20.6. The molecule has 0 aromatic heterocycles. The number of methoxy groups -OCH3 is 3. The molecule has 0 aliphatic carbocycles. The third kappa shape index (κ3) is 2.66. The molecule has 6 nitrogen and oxygen atoms in total. The molecule has 5 atom stereocenters. The minimum atomic E-state index is -0.825. The molecular weight excluding hydrogens is 202 g/mol. The van der Waals surface area contributed by atoms with Crippen LogP contribution in [0.2, 0.25) is 0 Å². The zero-order valence-corrected chi connectivity index (χ0v) is 9.25. The van der Waals surface area contributed by atoms with Gasteiger partial charge >= 0.3 is 0 Å². The van der Waals surface area contributed by atoms with Gasteiger partial charge in [-0.3, -0.25) is 0 Å². The highest BCUT2D eigenvalue weighted by atomic mass is 16.7. The van der Waals surface area contributed by atoms with Gasteiger partial charge in [-0.05, 0) is 0 Å². The van der Waals surface area contributed by atoms with Crippen LogP contribution in [0, 0.1) is 0 Å². The van der Waals surface area contributed by atoms with Crippen molar-refractivity contribution >= 4 is 0 Å². The predicted octanol–water partition coefficient (Wildman–Crippen LogP) is -1.29. The maximum atomic E-state index is 9.87. The molecule has 5 unspecified atom stereocenters. The first kappa shape index (κ1) is 12.8. The Bertz CT molecular complexity index is 191. The Morgan fingerprint density at radius 1 is 1.27 bits per heavy atom.